The predicted molar refractivity (Wildman–Crippen MR) is 59.7 cm³/mol. The number of carboxylic acids is 1. The van der Waals surface area contributed by atoms with Gasteiger partial charge in [-0.3, -0.25) is 4.79 Å². The van der Waals surface area contributed by atoms with Gasteiger partial charge in [0, 0.05) is 26.2 Å². The van der Waals surface area contributed by atoms with Crippen LogP contribution in [0.15, 0.2) is 0 Å². The van der Waals surface area contributed by atoms with Crippen LogP contribution in [0.4, 0.5) is 4.79 Å². The SMILES string of the molecule is COC1CCC(NC(=O)N2CC(C(=O)O)C2)C1. The number of nitrogens with one attached hydrogen (secondary N) is 1. The average Bonchev–Trinajstić information content (AvgIpc) is 2.62. The maximum absolute atomic E-state index is 11.7. The molecule has 6 nitrogen and oxygen atoms in total. The molecule has 2 fully saturated rings. The lowest BCUT2D eigenvalue weighted by atomic mass is 10.0. The number of urea groups is 1. The Hall–Kier alpha value is -1.30. The Morgan fingerprint density at radius 3 is 2.59 bits per heavy atom. The molecule has 1 aliphatic carbocycles. The van der Waals surface area contributed by atoms with Gasteiger partial charge < -0.3 is 20.1 Å². The van der Waals surface area contributed by atoms with Gasteiger partial charge in [-0.05, 0) is 19.3 Å². The van der Waals surface area contributed by atoms with Crippen molar-refractivity contribution in [1.29, 1.82) is 0 Å². The van der Waals surface area contributed by atoms with Crippen LogP contribution < -0.4 is 5.32 Å². The minimum atomic E-state index is -0.825. The van der Waals surface area contributed by atoms with Crippen molar-refractivity contribution >= 4 is 12.0 Å². The largest absolute Gasteiger partial charge is 0.481 e. The van der Waals surface area contributed by atoms with Gasteiger partial charge in [-0.2, -0.15) is 0 Å². The highest BCUT2D eigenvalue weighted by atomic mass is 16.5. The Kier molecular flexibility index (Phi) is 3.51. The molecule has 2 atom stereocenters. The summed E-state index contributed by atoms with van der Waals surface area (Å²) in [5.74, 6) is -1.22. The molecule has 0 aromatic rings. The third-order valence-corrected chi connectivity index (χ3v) is 3.56. The molecule has 2 N–H and O–H groups in total. The van der Waals surface area contributed by atoms with E-state index in [1.165, 1.54) is 0 Å². The summed E-state index contributed by atoms with van der Waals surface area (Å²) in [7, 11) is 1.68. The summed E-state index contributed by atoms with van der Waals surface area (Å²) in [6.07, 6.45) is 2.99. The van der Waals surface area contributed by atoms with Crippen LogP contribution in [-0.2, 0) is 9.53 Å². The van der Waals surface area contributed by atoms with Crippen molar-refractivity contribution in [1.82, 2.24) is 10.2 Å². The second-order valence-corrected chi connectivity index (χ2v) is 4.76. The molecular weight excluding hydrogens is 224 g/mol. The van der Waals surface area contributed by atoms with Crippen LogP contribution in [-0.4, -0.2) is 54.4 Å². The minimum absolute atomic E-state index is 0.149. The molecule has 1 aliphatic heterocycles. The number of aliphatic carboxylic acids is 1. The molecule has 96 valence electrons. The number of carbonyl (C=O) groups excluding carboxylic acids is 1. The van der Waals surface area contributed by atoms with E-state index >= 15 is 0 Å². The Labute approximate surface area is 99.9 Å². The molecule has 6 heteroatoms. The Morgan fingerprint density at radius 1 is 1.35 bits per heavy atom. The molecule has 2 rings (SSSR count). The quantitative estimate of drug-likeness (QED) is 0.745. The highest BCUT2D eigenvalue weighted by Gasteiger charge is 2.37. The fourth-order valence-electron chi connectivity index (χ4n) is 2.35. The number of hydrogen-bond acceptors (Lipinski definition) is 3. The average molecular weight is 242 g/mol. The van der Waals surface area contributed by atoms with Crippen molar-refractivity contribution in [2.45, 2.75) is 31.4 Å². The third-order valence-electron chi connectivity index (χ3n) is 3.56. The minimum Gasteiger partial charge on any atom is -0.481 e. The summed E-state index contributed by atoms with van der Waals surface area (Å²) in [5, 5.41) is 11.6. The smallest absolute Gasteiger partial charge is 0.317 e. The fraction of sp³-hybridized carbons (Fsp3) is 0.818. The number of carbonyl (C=O) groups is 2. The second kappa shape index (κ2) is 4.91. The maximum Gasteiger partial charge on any atom is 0.317 e. The normalized spacial score (nSPS) is 28.9. The molecule has 17 heavy (non-hydrogen) atoms. The summed E-state index contributed by atoms with van der Waals surface area (Å²) in [4.78, 5) is 23.9. The Balaban J connectivity index is 1.71. The van der Waals surface area contributed by atoms with E-state index in [-0.39, 0.29) is 18.2 Å². The molecule has 1 heterocycles. The molecular formula is C11H18N2O4. The highest BCUT2D eigenvalue weighted by Crippen LogP contribution is 2.22. The van der Waals surface area contributed by atoms with Crippen LogP contribution in [0.1, 0.15) is 19.3 Å². The monoisotopic (exact) mass is 242 g/mol. The van der Waals surface area contributed by atoms with Gasteiger partial charge in [0.25, 0.3) is 0 Å². The Bertz CT molecular complexity index is 315. The van der Waals surface area contributed by atoms with E-state index in [0.29, 0.717) is 13.1 Å². The van der Waals surface area contributed by atoms with Crippen LogP contribution in [0.2, 0.25) is 0 Å². The van der Waals surface area contributed by atoms with Gasteiger partial charge in [0.2, 0.25) is 0 Å². The zero-order valence-electron chi connectivity index (χ0n) is 9.89. The molecule has 2 unspecified atom stereocenters. The zero-order chi connectivity index (χ0) is 12.4. The molecule has 1 saturated carbocycles. The first-order valence-electron chi connectivity index (χ1n) is 5.91. The third kappa shape index (κ3) is 2.69. The van der Waals surface area contributed by atoms with E-state index in [2.05, 4.69) is 5.32 Å². The van der Waals surface area contributed by atoms with Crippen molar-refractivity contribution < 1.29 is 19.4 Å². The van der Waals surface area contributed by atoms with E-state index in [4.69, 9.17) is 9.84 Å². The molecule has 0 spiro atoms. The van der Waals surface area contributed by atoms with Gasteiger partial charge in [0.1, 0.15) is 0 Å². The first kappa shape index (κ1) is 12.2. The number of ether oxygens (including phenoxy) is 1. The van der Waals surface area contributed by atoms with Crippen molar-refractivity contribution in [3.63, 3.8) is 0 Å². The first-order valence-corrected chi connectivity index (χ1v) is 5.91. The number of nitrogens with zero attached hydrogens (tertiary/aromatic N) is 1. The van der Waals surface area contributed by atoms with Crippen molar-refractivity contribution in [2.24, 2.45) is 5.92 Å². The summed E-state index contributed by atoms with van der Waals surface area (Å²) in [6, 6.07) is 0.0144. The number of amides is 2. The van der Waals surface area contributed by atoms with Gasteiger partial charge in [-0.25, -0.2) is 4.79 Å². The summed E-state index contributed by atoms with van der Waals surface area (Å²) in [6.45, 7) is 0.642. The summed E-state index contributed by atoms with van der Waals surface area (Å²) >= 11 is 0. The van der Waals surface area contributed by atoms with E-state index in [0.717, 1.165) is 19.3 Å². The van der Waals surface area contributed by atoms with E-state index in [1.807, 2.05) is 0 Å². The van der Waals surface area contributed by atoms with Crippen LogP contribution in [0, 0.1) is 5.92 Å². The standard InChI is InChI=1S/C11H18N2O4/c1-17-9-3-2-8(4-9)12-11(16)13-5-7(6-13)10(14)15/h7-9H,2-6H2,1H3,(H,12,16)(H,14,15). The lowest BCUT2D eigenvalue weighted by molar-refractivity contribution is -0.146. The van der Waals surface area contributed by atoms with Crippen molar-refractivity contribution in [3.8, 4) is 0 Å². The molecule has 0 bridgehead atoms. The molecule has 1 saturated heterocycles. The second-order valence-electron chi connectivity index (χ2n) is 4.76. The van der Waals surface area contributed by atoms with Gasteiger partial charge in [0.05, 0.1) is 12.0 Å². The lowest BCUT2D eigenvalue weighted by Gasteiger charge is -2.37. The summed E-state index contributed by atoms with van der Waals surface area (Å²) in [5.41, 5.74) is 0. The Morgan fingerprint density at radius 2 is 2.06 bits per heavy atom. The topological polar surface area (TPSA) is 78.9 Å². The lowest BCUT2D eigenvalue weighted by Crippen LogP contribution is -2.57. The predicted octanol–water partition coefficient (Wildman–Crippen LogP) is 0.280. The first-order chi connectivity index (χ1) is 8.10. The molecule has 0 aromatic carbocycles. The number of carboxylic acid groups (broad SMARTS) is 1. The molecule has 2 aliphatic rings. The van der Waals surface area contributed by atoms with Gasteiger partial charge in [-0.1, -0.05) is 0 Å². The van der Waals surface area contributed by atoms with Crippen LogP contribution >= 0.6 is 0 Å². The number of rotatable bonds is 3. The van der Waals surface area contributed by atoms with Crippen molar-refractivity contribution in [3.05, 3.63) is 0 Å². The van der Waals surface area contributed by atoms with Gasteiger partial charge >= 0.3 is 12.0 Å². The number of hydrogen-bond donors (Lipinski definition) is 2. The number of likely N-dealkylation sites (tertiary alicyclic amines) is 1. The van der Waals surface area contributed by atoms with Crippen LogP contribution in [0.25, 0.3) is 0 Å². The van der Waals surface area contributed by atoms with E-state index < -0.39 is 11.9 Å². The van der Waals surface area contributed by atoms with Crippen LogP contribution in [0.5, 0.6) is 0 Å². The zero-order valence-corrected chi connectivity index (χ0v) is 9.89. The van der Waals surface area contributed by atoms with Gasteiger partial charge in [0.15, 0.2) is 0 Å². The fourth-order valence-corrected chi connectivity index (χ4v) is 2.35. The van der Waals surface area contributed by atoms with Crippen molar-refractivity contribution in [2.75, 3.05) is 20.2 Å². The molecule has 0 radical (unpaired) electrons. The van der Waals surface area contributed by atoms with Crippen LogP contribution in [0.3, 0.4) is 0 Å². The maximum atomic E-state index is 11.7. The molecule has 2 amide bonds. The highest BCUT2D eigenvalue weighted by molar-refractivity contribution is 5.79. The molecule has 0 aromatic heterocycles. The van der Waals surface area contributed by atoms with E-state index in [9.17, 15) is 9.59 Å². The van der Waals surface area contributed by atoms with E-state index in [1.54, 1.807) is 12.0 Å². The number of methoxy groups -OCH3 is 1. The summed E-state index contributed by atoms with van der Waals surface area (Å²) < 4.78 is 5.23. The van der Waals surface area contributed by atoms with Gasteiger partial charge in [-0.15, -0.1) is 0 Å².